The SMILES string of the molecule is c1ccc(-c2nc3cccc(-c4cc(-c5ccc6ccccc6c5)cc(-c5ccc6ccccc6c5)c4)c3nc2-c2ccccc2)cc1. The van der Waals surface area contributed by atoms with Gasteiger partial charge in [0.05, 0.1) is 22.4 Å². The van der Waals surface area contributed by atoms with Gasteiger partial charge in [0.1, 0.15) is 0 Å². The van der Waals surface area contributed by atoms with E-state index in [1.807, 2.05) is 12.1 Å². The summed E-state index contributed by atoms with van der Waals surface area (Å²) in [5.74, 6) is 0. The van der Waals surface area contributed by atoms with Gasteiger partial charge < -0.3 is 0 Å². The number of hydrogen-bond donors (Lipinski definition) is 0. The molecule has 0 saturated carbocycles. The maximum absolute atomic E-state index is 5.42. The largest absolute Gasteiger partial charge is 0.244 e. The zero-order chi connectivity index (χ0) is 31.9. The van der Waals surface area contributed by atoms with E-state index in [0.29, 0.717) is 0 Å². The third-order valence-corrected chi connectivity index (χ3v) is 9.20. The fourth-order valence-electron chi connectivity index (χ4n) is 6.76. The Morgan fingerprint density at radius 3 is 1.31 bits per heavy atom. The molecule has 0 aliphatic carbocycles. The van der Waals surface area contributed by atoms with Crippen molar-refractivity contribution in [2.45, 2.75) is 0 Å². The van der Waals surface area contributed by atoms with Gasteiger partial charge in [0.15, 0.2) is 0 Å². The Kier molecular flexibility index (Phi) is 6.84. The predicted molar refractivity (Wildman–Crippen MR) is 202 cm³/mol. The quantitative estimate of drug-likeness (QED) is 0.194. The van der Waals surface area contributed by atoms with Crippen molar-refractivity contribution in [1.82, 2.24) is 9.97 Å². The molecule has 0 saturated heterocycles. The number of aromatic nitrogens is 2. The zero-order valence-electron chi connectivity index (χ0n) is 26.2. The molecule has 0 N–H and O–H groups in total. The highest BCUT2D eigenvalue weighted by molar-refractivity contribution is 5.98. The zero-order valence-corrected chi connectivity index (χ0v) is 26.2. The van der Waals surface area contributed by atoms with Gasteiger partial charge in [-0.25, -0.2) is 9.97 Å². The van der Waals surface area contributed by atoms with Crippen LogP contribution in [0.1, 0.15) is 0 Å². The molecular formula is C46H30N2. The standard InChI is InChI=1S/C46H30N2/c1-3-14-33(15-4-1)44-45(34-16-5-2-6-17-34)48-46-42(20-11-21-43(46)47-44)41-29-39(37-24-22-31-12-7-9-18-35(31)26-37)28-40(30-41)38-25-23-32-13-8-10-19-36(32)27-38/h1-30H. The summed E-state index contributed by atoms with van der Waals surface area (Å²) in [6, 6.07) is 64.6. The Morgan fingerprint density at radius 2 is 0.750 bits per heavy atom. The van der Waals surface area contributed by atoms with Crippen LogP contribution in [-0.2, 0) is 0 Å². The summed E-state index contributed by atoms with van der Waals surface area (Å²) in [4.78, 5) is 10.7. The molecule has 48 heavy (non-hydrogen) atoms. The van der Waals surface area contributed by atoms with E-state index in [1.54, 1.807) is 0 Å². The highest BCUT2D eigenvalue weighted by atomic mass is 14.8. The normalized spacial score (nSPS) is 11.3. The number of para-hydroxylation sites is 1. The van der Waals surface area contributed by atoms with E-state index in [9.17, 15) is 0 Å². The van der Waals surface area contributed by atoms with Crippen molar-refractivity contribution in [2.75, 3.05) is 0 Å². The lowest BCUT2D eigenvalue weighted by Crippen LogP contribution is -1.97. The first kappa shape index (κ1) is 27.9. The van der Waals surface area contributed by atoms with Gasteiger partial charge in [-0.15, -0.1) is 0 Å². The molecule has 1 heterocycles. The van der Waals surface area contributed by atoms with Gasteiger partial charge in [-0.3, -0.25) is 0 Å². The van der Waals surface area contributed by atoms with Crippen LogP contribution < -0.4 is 0 Å². The maximum Gasteiger partial charge on any atom is 0.0973 e. The molecule has 0 aliphatic rings. The van der Waals surface area contributed by atoms with Crippen molar-refractivity contribution in [3.63, 3.8) is 0 Å². The van der Waals surface area contributed by atoms with Crippen LogP contribution in [0.15, 0.2) is 182 Å². The molecule has 2 heteroatoms. The van der Waals surface area contributed by atoms with Gasteiger partial charge in [-0.1, -0.05) is 146 Å². The number of nitrogens with zero attached hydrogens (tertiary/aromatic N) is 2. The Labute approximate surface area is 279 Å². The maximum atomic E-state index is 5.42. The van der Waals surface area contributed by atoms with E-state index >= 15 is 0 Å². The average Bonchev–Trinajstić information content (AvgIpc) is 3.17. The van der Waals surface area contributed by atoms with E-state index in [0.717, 1.165) is 55.8 Å². The number of hydrogen-bond acceptors (Lipinski definition) is 2. The molecular weight excluding hydrogens is 581 g/mol. The topological polar surface area (TPSA) is 25.8 Å². The number of benzene rings is 8. The van der Waals surface area contributed by atoms with E-state index in [-0.39, 0.29) is 0 Å². The Bertz CT molecular complexity index is 2510. The fraction of sp³-hybridized carbons (Fsp3) is 0. The van der Waals surface area contributed by atoms with Crippen LogP contribution in [0.2, 0.25) is 0 Å². The second-order valence-electron chi connectivity index (χ2n) is 12.2. The predicted octanol–water partition coefficient (Wildman–Crippen LogP) is 12.3. The van der Waals surface area contributed by atoms with E-state index in [1.165, 1.54) is 32.7 Å². The third-order valence-electron chi connectivity index (χ3n) is 9.20. The minimum absolute atomic E-state index is 0.870. The lowest BCUT2D eigenvalue weighted by atomic mass is 9.91. The molecule has 9 aromatic rings. The van der Waals surface area contributed by atoms with Crippen molar-refractivity contribution in [3.8, 4) is 55.9 Å². The van der Waals surface area contributed by atoms with Crippen LogP contribution in [0.4, 0.5) is 0 Å². The molecule has 0 aliphatic heterocycles. The van der Waals surface area contributed by atoms with Crippen LogP contribution in [0.25, 0.3) is 88.5 Å². The molecule has 0 fully saturated rings. The van der Waals surface area contributed by atoms with Crippen molar-refractivity contribution in [2.24, 2.45) is 0 Å². The smallest absolute Gasteiger partial charge is 0.0973 e. The number of fused-ring (bicyclic) bond motifs is 3. The minimum atomic E-state index is 0.870. The lowest BCUT2D eigenvalue weighted by molar-refractivity contribution is 1.29. The van der Waals surface area contributed by atoms with Gasteiger partial charge in [0.25, 0.3) is 0 Å². The van der Waals surface area contributed by atoms with Gasteiger partial charge in [0.2, 0.25) is 0 Å². The van der Waals surface area contributed by atoms with E-state index < -0.39 is 0 Å². The Morgan fingerprint density at radius 1 is 0.271 bits per heavy atom. The molecule has 0 radical (unpaired) electrons. The van der Waals surface area contributed by atoms with Crippen molar-refractivity contribution in [3.05, 3.63) is 182 Å². The van der Waals surface area contributed by atoms with Crippen molar-refractivity contribution >= 4 is 32.6 Å². The lowest BCUT2D eigenvalue weighted by Gasteiger charge is -2.15. The van der Waals surface area contributed by atoms with E-state index in [2.05, 4.69) is 170 Å². The van der Waals surface area contributed by atoms with E-state index in [4.69, 9.17) is 9.97 Å². The van der Waals surface area contributed by atoms with Gasteiger partial charge >= 0.3 is 0 Å². The highest BCUT2D eigenvalue weighted by Crippen LogP contribution is 2.39. The van der Waals surface area contributed by atoms with Crippen LogP contribution in [0.3, 0.4) is 0 Å². The number of rotatable bonds is 5. The summed E-state index contributed by atoms with van der Waals surface area (Å²) >= 11 is 0. The van der Waals surface area contributed by atoms with Crippen LogP contribution in [-0.4, -0.2) is 9.97 Å². The Balaban J connectivity index is 1.29. The minimum Gasteiger partial charge on any atom is -0.244 e. The summed E-state index contributed by atoms with van der Waals surface area (Å²) in [6.07, 6.45) is 0. The molecule has 2 nitrogen and oxygen atoms in total. The summed E-state index contributed by atoms with van der Waals surface area (Å²) in [5.41, 5.74) is 12.5. The molecule has 0 bridgehead atoms. The summed E-state index contributed by atoms with van der Waals surface area (Å²) in [5, 5.41) is 4.92. The molecule has 8 aromatic carbocycles. The molecule has 0 atom stereocenters. The first-order valence-electron chi connectivity index (χ1n) is 16.3. The molecule has 0 spiro atoms. The fourth-order valence-corrected chi connectivity index (χ4v) is 6.76. The molecule has 224 valence electrons. The second-order valence-corrected chi connectivity index (χ2v) is 12.2. The highest BCUT2D eigenvalue weighted by Gasteiger charge is 2.17. The average molecular weight is 611 g/mol. The molecule has 0 amide bonds. The second kappa shape index (κ2) is 11.8. The first-order valence-corrected chi connectivity index (χ1v) is 16.3. The van der Waals surface area contributed by atoms with Crippen LogP contribution in [0, 0.1) is 0 Å². The molecule has 9 rings (SSSR count). The molecule has 0 unspecified atom stereocenters. The third kappa shape index (κ3) is 5.10. The monoisotopic (exact) mass is 610 g/mol. The summed E-state index contributed by atoms with van der Waals surface area (Å²) < 4.78 is 0. The van der Waals surface area contributed by atoms with Crippen molar-refractivity contribution < 1.29 is 0 Å². The first-order chi connectivity index (χ1) is 23.8. The van der Waals surface area contributed by atoms with Gasteiger partial charge in [0, 0.05) is 16.7 Å². The summed E-state index contributed by atoms with van der Waals surface area (Å²) in [7, 11) is 0. The Hall–Kier alpha value is -6.38. The van der Waals surface area contributed by atoms with Crippen LogP contribution >= 0.6 is 0 Å². The van der Waals surface area contributed by atoms with Crippen molar-refractivity contribution in [1.29, 1.82) is 0 Å². The molecule has 1 aromatic heterocycles. The summed E-state index contributed by atoms with van der Waals surface area (Å²) in [6.45, 7) is 0. The van der Waals surface area contributed by atoms with Crippen LogP contribution in [0.5, 0.6) is 0 Å². The van der Waals surface area contributed by atoms with Gasteiger partial charge in [-0.05, 0) is 85.8 Å². The van der Waals surface area contributed by atoms with Gasteiger partial charge in [-0.2, -0.15) is 0 Å².